The Morgan fingerprint density at radius 1 is 0.833 bits per heavy atom. The van der Waals surface area contributed by atoms with Crippen LogP contribution in [-0.2, 0) is 11.3 Å². The van der Waals surface area contributed by atoms with Crippen molar-refractivity contribution in [2.75, 3.05) is 11.1 Å². The van der Waals surface area contributed by atoms with Crippen molar-refractivity contribution >= 4 is 17.5 Å². The molecular formula is C20H18N2O2. The molecule has 3 rings (SSSR count). The normalized spacial score (nSPS) is 10.2. The molecule has 4 heteroatoms. The predicted octanol–water partition coefficient (Wildman–Crippen LogP) is 4.68. The Morgan fingerprint density at radius 3 is 2.21 bits per heavy atom. The molecule has 0 saturated carbocycles. The second-order valence-electron chi connectivity index (χ2n) is 5.32. The van der Waals surface area contributed by atoms with Gasteiger partial charge in [0, 0.05) is 16.8 Å². The van der Waals surface area contributed by atoms with E-state index in [0.717, 1.165) is 16.7 Å². The van der Waals surface area contributed by atoms with Gasteiger partial charge < -0.3 is 10.5 Å². The van der Waals surface area contributed by atoms with Crippen LogP contribution in [0.3, 0.4) is 0 Å². The molecule has 0 fully saturated rings. The van der Waals surface area contributed by atoms with Crippen LogP contribution in [-0.4, -0.2) is 6.09 Å². The quantitative estimate of drug-likeness (QED) is 0.686. The van der Waals surface area contributed by atoms with Crippen LogP contribution in [0.2, 0.25) is 0 Å². The Kier molecular flexibility index (Phi) is 4.77. The van der Waals surface area contributed by atoms with Crippen LogP contribution in [0.5, 0.6) is 0 Å². The van der Waals surface area contributed by atoms with Crippen LogP contribution >= 0.6 is 0 Å². The Morgan fingerprint density at radius 2 is 1.46 bits per heavy atom. The van der Waals surface area contributed by atoms with Gasteiger partial charge in [-0.1, -0.05) is 66.7 Å². The molecule has 3 N–H and O–H groups in total. The van der Waals surface area contributed by atoms with Crippen LogP contribution in [0.15, 0.2) is 78.9 Å². The van der Waals surface area contributed by atoms with Gasteiger partial charge in [-0.05, 0) is 17.7 Å². The number of para-hydroxylation sites is 2. The molecule has 0 aliphatic rings. The second-order valence-corrected chi connectivity index (χ2v) is 5.32. The summed E-state index contributed by atoms with van der Waals surface area (Å²) in [5, 5.41) is 2.79. The fraction of sp³-hybridized carbons (Fsp3) is 0.0500. The Labute approximate surface area is 140 Å². The Hall–Kier alpha value is -3.27. The maximum absolute atomic E-state index is 12.1. The molecule has 3 aromatic rings. The lowest BCUT2D eigenvalue weighted by Gasteiger charge is -2.13. The molecule has 0 aliphatic carbocycles. The molecule has 0 saturated heterocycles. The molecule has 120 valence electrons. The van der Waals surface area contributed by atoms with E-state index < -0.39 is 6.09 Å². The molecule has 4 nitrogen and oxygen atoms in total. The fourth-order valence-electron chi connectivity index (χ4n) is 2.44. The molecule has 24 heavy (non-hydrogen) atoms. The molecule has 0 heterocycles. The van der Waals surface area contributed by atoms with Crippen molar-refractivity contribution in [2.45, 2.75) is 6.61 Å². The molecule has 0 bridgehead atoms. The zero-order valence-electron chi connectivity index (χ0n) is 13.1. The number of amides is 1. The molecular weight excluding hydrogens is 300 g/mol. The van der Waals surface area contributed by atoms with E-state index in [9.17, 15) is 4.79 Å². The zero-order valence-corrected chi connectivity index (χ0v) is 13.1. The second kappa shape index (κ2) is 7.33. The first-order valence-corrected chi connectivity index (χ1v) is 7.65. The summed E-state index contributed by atoms with van der Waals surface area (Å²) >= 11 is 0. The van der Waals surface area contributed by atoms with Crippen molar-refractivity contribution < 1.29 is 9.53 Å². The van der Waals surface area contributed by atoms with Gasteiger partial charge in [-0.15, -0.1) is 0 Å². The number of hydrogen-bond donors (Lipinski definition) is 2. The summed E-state index contributed by atoms with van der Waals surface area (Å²) in [6.07, 6.45) is -0.499. The Bertz CT molecular complexity index is 832. The van der Waals surface area contributed by atoms with Gasteiger partial charge in [-0.3, -0.25) is 5.32 Å². The van der Waals surface area contributed by atoms with Gasteiger partial charge in [0.2, 0.25) is 0 Å². The average molecular weight is 318 g/mol. The molecule has 0 aromatic heterocycles. The third kappa shape index (κ3) is 3.73. The summed E-state index contributed by atoms with van der Waals surface area (Å²) in [6, 6.07) is 24.6. The van der Waals surface area contributed by atoms with Crippen molar-refractivity contribution in [1.82, 2.24) is 0 Å². The van der Waals surface area contributed by atoms with Gasteiger partial charge in [0.25, 0.3) is 0 Å². The highest BCUT2D eigenvalue weighted by Gasteiger charge is 2.10. The number of anilines is 2. The van der Waals surface area contributed by atoms with Crippen molar-refractivity contribution in [1.29, 1.82) is 0 Å². The lowest BCUT2D eigenvalue weighted by atomic mass is 10.0. The smallest absolute Gasteiger partial charge is 0.411 e. The van der Waals surface area contributed by atoms with Gasteiger partial charge in [0.1, 0.15) is 6.61 Å². The third-order valence-corrected chi connectivity index (χ3v) is 3.63. The number of rotatable bonds is 4. The Balaban J connectivity index is 1.74. The lowest BCUT2D eigenvalue weighted by Crippen LogP contribution is -2.14. The highest BCUT2D eigenvalue weighted by Crippen LogP contribution is 2.31. The van der Waals surface area contributed by atoms with Crippen molar-refractivity contribution in [2.24, 2.45) is 0 Å². The lowest BCUT2D eigenvalue weighted by molar-refractivity contribution is 0.155. The standard InChI is InChI=1S/C20H18N2O2/c21-18-12-6-4-10-16(18)17-11-5-7-13-19(17)22-20(23)24-14-15-8-2-1-3-9-15/h1-13H,14,21H2,(H,22,23). The van der Waals surface area contributed by atoms with Crippen LogP contribution in [0, 0.1) is 0 Å². The molecule has 0 atom stereocenters. The molecule has 1 amide bonds. The van der Waals surface area contributed by atoms with Crippen molar-refractivity contribution in [3.63, 3.8) is 0 Å². The highest BCUT2D eigenvalue weighted by molar-refractivity contribution is 5.93. The topological polar surface area (TPSA) is 64.3 Å². The van der Waals surface area contributed by atoms with Crippen LogP contribution in [0.25, 0.3) is 11.1 Å². The maximum Gasteiger partial charge on any atom is 0.411 e. The van der Waals surface area contributed by atoms with E-state index in [1.165, 1.54) is 0 Å². The number of hydrogen-bond acceptors (Lipinski definition) is 3. The van der Waals surface area contributed by atoms with E-state index in [1.54, 1.807) is 0 Å². The first-order valence-electron chi connectivity index (χ1n) is 7.65. The number of nitrogens with one attached hydrogen (secondary N) is 1. The first kappa shape index (κ1) is 15.6. The molecule has 0 radical (unpaired) electrons. The van der Waals surface area contributed by atoms with E-state index in [4.69, 9.17) is 10.5 Å². The van der Waals surface area contributed by atoms with Crippen molar-refractivity contribution in [3.8, 4) is 11.1 Å². The van der Waals surface area contributed by atoms with Gasteiger partial charge >= 0.3 is 6.09 Å². The van der Waals surface area contributed by atoms with Crippen LogP contribution < -0.4 is 11.1 Å². The van der Waals surface area contributed by atoms with E-state index in [1.807, 2.05) is 78.9 Å². The highest BCUT2D eigenvalue weighted by atomic mass is 16.5. The number of benzene rings is 3. The summed E-state index contributed by atoms with van der Waals surface area (Å²) in [5.41, 5.74) is 10.0. The minimum absolute atomic E-state index is 0.225. The third-order valence-electron chi connectivity index (χ3n) is 3.63. The SMILES string of the molecule is Nc1ccccc1-c1ccccc1NC(=O)OCc1ccccc1. The number of nitrogens with two attached hydrogens (primary N) is 1. The van der Waals surface area contributed by atoms with Crippen LogP contribution in [0.4, 0.5) is 16.2 Å². The van der Waals surface area contributed by atoms with Crippen LogP contribution in [0.1, 0.15) is 5.56 Å². The molecule has 0 spiro atoms. The fourth-order valence-corrected chi connectivity index (χ4v) is 2.44. The minimum Gasteiger partial charge on any atom is -0.444 e. The van der Waals surface area contributed by atoms with E-state index in [0.29, 0.717) is 11.4 Å². The number of ether oxygens (including phenoxy) is 1. The maximum atomic E-state index is 12.1. The van der Waals surface area contributed by atoms with E-state index in [2.05, 4.69) is 5.32 Å². The average Bonchev–Trinajstić information content (AvgIpc) is 2.62. The predicted molar refractivity (Wildman–Crippen MR) is 96.5 cm³/mol. The van der Waals surface area contributed by atoms with E-state index >= 15 is 0 Å². The number of carbonyl (C=O) groups excluding carboxylic acids is 1. The summed E-state index contributed by atoms with van der Waals surface area (Å²) < 4.78 is 5.27. The summed E-state index contributed by atoms with van der Waals surface area (Å²) in [5.74, 6) is 0. The largest absolute Gasteiger partial charge is 0.444 e. The monoisotopic (exact) mass is 318 g/mol. The molecule has 3 aromatic carbocycles. The van der Waals surface area contributed by atoms with Gasteiger partial charge in [-0.25, -0.2) is 4.79 Å². The summed E-state index contributed by atoms with van der Waals surface area (Å²) in [4.78, 5) is 12.1. The zero-order chi connectivity index (χ0) is 16.8. The van der Waals surface area contributed by atoms with Gasteiger partial charge in [-0.2, -0.15) is 0 Å². The van der Waals surface area contributed by atoms with E-state index in [-0.39, 0.29) is 6.61 Å². The molecule has 0 unspecified atom stereocenters. The summed E-state index contributed by atoms with van der Waals surface area (Å²) in [7, 11) is 0. The minimum atomic E-state index is -0.499. The van der Waals surface area contributed by atoms with Crippen molar-refractivity contribution in [3.05, 3.63) is 84.4 Å². The number of nitrogen functional groups attached to an aromatic ring is 1. The van der Waals surface area contributed by atoms with Gasteiger partial charge in [0.05, 0.1) is 5.69 Å². The number of carbonyl (C=O) groups is 1. The molecule has 0 aliphatic heterocycles. The van der Waals surface area contributed by atoms with Gasteiger partial charge in [0.15, 0.2) is 0 Å². The summed E-state index contributed by atoms with van der Waals surface area (Å²) in [6.45, 7) is 0.225. The first-order chi connectivity index (χ1) is 11.7.